The number of fused-ring (bicyclic) bond motifs is 1. The van der Waals surface area contributed by atoms with Gasteiger partial charge < -0.3 is 10.2 Å². The second-order valence-corrected chi connectivity index (χ2v) is 8.76. The molecule has 1 unspecified atom stereocenters. The highest BCUT2D eigenvalue weighted by Crippen LogP contribution is 2.29. The van der Waals surface area contributed by atoms with Gasteiger partial charge in [0.05, 0.1) is 4.88 Å². The average Bonchev–Trinajstić information content (AvgIpc) is 3.00. The smallest absolute Gasteiger partial charge is 0.261 e. The van der Waals surface area contributed by atoms with E-state index in [4.69, 9.17) is 0 Å². The van der Waals surface area contributed by atoms with E-state index in [2.05, 4.69) is 42.1 Å². The molecule has 1 saturated heterocycles. The van der Waals surface area contributed by atoms with Crippen LogP contribution in [-0.4, -0.2) is 61.5 Å². The Balaban J connectivity index is 1.57. The number of thiophene rings is 1. The number of hydrogen-bond donors (Lipinski definition) is 1. The quantitative estimate of drug-likeness (QED) is 0.888. The first-order valence-corrected chi connectivity index (χ1v) is 10.2. The van der Waals surface area contributed by atoms with Gasteiger partial charge in [-0.05, 0) is 50.3 Å². The topological polar surface area (TPSA) is 35.6 Å². The average molecular weight is 350 g/mol. The fourth-order valence-electron chi connectivity index (χ4n) is 3.83. The van der Waals surface area contributed by atoms with Gasteiger partial charge in [-0.3, -0.25) is 9.69 Å². The molecule has 1 fully saturated rings. The molecule has 0 saturated carbocycles. The predicted octanol–water partition coefficient (Wildman–Crippen LogP) is 2.63. The molecule has 1 atom stereocenters. The van der Waals surface area contributed by atoms with E-state index in [0.29, 0.717) is 12.0 Å². The van der Waals surface area contributed by atoms with Gasteiger partial charge >= 0.3 is 0 Å². The number of carbonyl (C=O) groups excluding carboxylic acids is 1. The highest BCUT2D eigenvalue weighted by molar-refractivity contribution is 7.14. The molecule has 24 heavy (non-hydrogen) atoms. The van der Waals surface area contributed by atoms with Crippen molar-refractivity contribution in [2.75, 3.05) is 39.8 Å². The SMILES string of the molecule is CC(C)C(CNC(=O)c1cc2c(s1)CCCC2)N1CCN(C)CC1. The van der Waals surface area contributed by atoms with Gasteiger partial charge in [0.25, 0.3) is 5.91 Å². The number of nitrogens with zero attached hydrogens (tertiary/aromatic N) is 2. The third-order valence-electron chi connectivity index (χ3n) is 5.47. The van der Waals surface area contributed by atoms with Gasteiger partial charge in [-0.15, -0.1) is 11.3 Å². The number of hydrogen-bond acceptors (Lipinski definition) is 4. The second kappa shape index (κ2) is 7.98. The van der Waals surface area contributed by atoms with Gasteiger partial charge in [0.2, 0.25) is 0 Å². The highest BCUT2D eigenvalue weighted by Gasteiger charge is 2.26. The van der Waals surface area contributed by atoms with Crippen LogP contribution in [0.4, 0.5) is 0 Å². The van der Waals surface area contributed by atoms with Crippen molar-refractivity contribution in [1.29, 1.82) is 0 Å². The maximum absolute atomic E-state index is 12.6. The van der Waals surface area contributed by atoms with Crippen LogP contribution in [0.2, 0.25) is 0 Å². The lowest BCUT2D eigenvalue weighted by Crippen LogP contribution is -2.54. The minimum atomic E-state index is 0.120. The molecule has 0 bridgehead atoms. The number of nitrogens with one attached hydrogen (secondary N) is 1. The van der Waals surface area contributed by atoms with Gasteiger partial charge in [-0.25, -0.2) is 0 Å². The van der Waals surface area contributed by atoms with E-state index in [0.717, 1.165) is 50.4 Å². The first-order valence-electron chi connectivity index (χ1n) is 9.37. The lowest BCUT2D eigenvalue weighted by molar-refractivity contribution is 0.0793. The molecule has 1 aliphatic carbocycles. The standard InChI is InChI=1S/C19H31N3OS/c1-14(2)16(22-10-8-21(3)9-11-22)13-20-19(23)18-12-15-6-4-5-7-17(15)24-18/h12,14,16H,4-11,13H2,1-3H3,(H,20,23). The zero-order valence-electron chi connectivity index (χ0n) is 15.3. The summed E-state index contributed by atoms with van der Waals surface area (Å²) < 4.78 is 0. The van der Waals surface area contributed by atoms with Crippen molar-refractivity contribution in [3.63, 3.8) is 0 Å². The van der Waals surface area contributed by atoms with Gasteiger partial charge in [0, 0.05) is 43.6 Å². The first-order chi connectivity index (χ1) is 11.5. The minimum absolute atomic E-state index is 0.120. The first kappa shape index (κ1) is 17.9. The Morgan fingerprint density at radius 2 is 1.92 bits per heavy atom. The third-order valence-corrected chi connectivity index (χ3v) is 6.70. The lowest BCUT2D eigenvalue weighted by Gasteiger charge is -2.39. The zero-order chi connectivity index (χ0) is 17.1. The van der Waals surface area contributed by atoms with Gasteiger partial charge in [0.1, 0.15) is 0 Å². The van der Waals surface area contributed by atoms with Crippen LogP contribution in [-0.2, 0) is 12.8 Å². The fourth-order valence-corrected chi connectivity index (χ4v) is 5.00. The third kappa shape index (κ3) is 4.19. The van der Waals surface area contributed by atoms with E-state index in [-0.39, 0.29) is 5.91 Å². The zero-order valence-corrected chi connectivity index (χ0v) is 16.1. The summed E-state index contributed by atoms with van der Waals surface area (Å²) in [5, 5.41) is 3.21. The van der Waals surface area contributed by atoms with Crippen LogP contribution in [0.3, 0.4) is 0 Å². The summed E-state index contributed by atoms with van der Waals surface area (Å²) in [6.45, 7) is 9.72. The Bertz CT molecular complexity index is 537. The largest absolute Gasteiger partial charge is 0.350 e. The number of piperazine rings is 1. The van der Waals surface area contributed by atoms with Crippen molar-refractivity contribution < 1.29 is 4.79 Å². The molecule has 134 valence electrons. The van der Waals surface area contributed by atoms with Crippen LogP contribution in [0.5, 0.6) is 0 Å². The Kier molecular flexibility index (Phi) is 5.95. The second-order valence-electron chi connectivity index (χ2n) is 7.63. The Hall–Kier alpha value is -0.910. The molecular weight excluding hydrogens is 318 g/mol. The van der Waals surface area contributed by atoms with Gasteiger partial charge in [-0.2, -0.15) is 0 Å². The maximum atomic E-state index is 12.6. The molecule has 5 heteroatoms. The summed E-state index contributed by atoms with van der Waals surface area (Å²) in [6, 6.07) is 2.56. The molecule has 3 rings (SSSR count). The van der Waals surface area contributed by atoms with Crippen LogP contribution in [0.15, 0.2) is 6.07 Å². The summed E-state index contributed by atoms with van der Waals surface area (Å²) in [4.78, 5) is 19.9. The summed E-state index contributed by atoms with van der Waals surface area (Å²) in [6.07, 6.45) is 4.84. The molecule has 0 radical (unpaired) electrons. The number of rotatable bonds is 5. The van der Waals surface area contributed by atoms with E-state index >= 15 is 0 Å². The molecule has 1 amide bonds. The molecule has 1 aliphatic heterocycles. The molecular formula is C19H31N3OS. The summed E-state index contributed by atoms with van der Waals surface area (Å²) in [7, 11) is 2.18. The van der Waals surface area contributed by atoms with E-state index < -0.39 is 0 Å². The molecule has 2 aliphatic rings. The molecule has 2 heterocycles. The number of aryl methyl sites for hydroxylation is 2. The Morgan fingerprint density at radius 1 is 1.21 bits per heavy atom. The number of carbonyl (C=O) groups is 1. The maximum Gasteiger partial charge on any atom is 0.261 e. The highest BCUT2D eigenvalue weighted by atomic mass is 32.1. The molecule has 1 aromatic heterocycles. The van der Waals surface area contributed by atoms with Crippen LogP contribution in [0, 0.1) is 5.92 Å². The number of amides is 1. The van der Waals surface area contributed by atoms with Crippen LogP contribution in [0.25, 0.3) is 0 Å². The fraction of sp³-hybridized carbons (Fsp3) is 0.737. The van der Waals surface area contributed by atoms with Crippen molar-refractivity contribution in [2.45, 2.75) is 45.6 Å². The Labute approximate surface area is 150 Å². The van der Waals surface area contributed by atoms with E-state index in [1.165, 1.54) is 23.3 Å². The predicted molar refractivity (Wildman–Crippen MR) is 101 cm³/mol. The lowest BCUT2D eigenvalue weighted by atomic mass is 9.99. The van der Waals surface area contributed by atoms with Gasteiger partial charge in [-0.1, -0.05) is 13.8 Å². The van der Waals surface area contributed by atoms with E-state index in [1.807, 2.05) is 0 Å². The van der Waals surface area contributed by atoms with Crippen molar-refractivity contribution in [1.82, 2.24) is 15.1 Å². The number of likely N-dealkylation sites (N-methyl/N-ethyl adjacent to an activating group) is 1. The normalized spacial score (nSPS) is 20.8. The van der Waals surface area contributed by atoms with Crippen LogP contribution < -0.4 is 5.32 Å². The summed E-state index contributed by atoms with van der Waals surface area (Å²) in [5.74, 6) is 0.666. The molecule has 0 aromatic carbocycles. The monoisotopic (exact) mass is 349 g/mol. The van der Waals surface area contributed by atoms with Crippen LogP contribution in [0.1, 0.15) is 46.8 Å². The van der Waals surface area contributed by atoms with Crippen LogP contribution >= 0.6 is 11.3 Å². The Morgan fingerprint density at radius 3 is 2.58 bits per heavy atom. The minimum Gasteiger partial charge on any atom is -0.350 e. The van der Waals surface area contributed by atoms with Crippen molar-refractivity contribution in [3.05, 3.63) is 21.4 Å². The van der Waals surface area contributed by atoms with E-state index in [1.54, 1.807) is 11.3 Å². The van der Waals surface area contributed by atoms with Crippen molar-refractivity contribution >= 4 is 17.2 Å². The molecule has 0 spiro atoms. The molecule has 1 N–H and O–H groups in total. The summed E-state index contributed by atoms with van der Waals surface area (Å²) in [5.41, 5.74) is 1.41. The molecule has 4 nitrogen and oxygen atoms in total. The van der Waals surface area contributed by atoms with E-state index in [9.17, 15) is 4.79 Å². The van der Waals surface area contributed by atoms with Crippen molar-refractivity contribution in [3.8, 4) is 0 Å². The molecule has 1 aromatic rings. The summed E-state index contributed by atoms with van der Waals surface area (Å²) >= 11 is 1.71. The van der Waals surface area contributed by atoms with Gasteiger partial charge in [0.15, 0.2) is 0 Å². The van der Waals surface area contributed by atoms with Crippen molar-refractivity contribution in [2.24, 2.45) is 5.92 Å².